The molecule has 0 spiro atoms. The van der Waals surface area contributed by atoms with Crippen LogP contribution in [0.1, 0.15) is 5.56 Å². The molecule has 0 aliphatic carbocycles. The van der Waals surface area contributed by atoms with Crippen molar-refractivity contribution in [3.8, 4) is 11.5 Å². The zero-order valence-electron chi connectivity index (χ0n) is 10.9. The van der Waals surface area contributed by atoms with Crippen LogP contribution in [0.25, 0.3) is 0 Å². The number of phenolic OH excluding ortho intramolecular Hbond substituents is 1. The summed E-state index contributed by atoms with van der Waals surface area (Å²) in [5.41, 5.74) is 1.46. The van der Waals surface area contributed by atoms with E-state index in [1.54, 1.807) is 12.1 Å². The Morgan fingerprint density at radius 1 is 1.24 bits per heavy atom. The monoisotopic (exact) mass is 437 g/mol. The van der Waals surface area contributed by atoms with Crippen molar-refractivity contribution >= 4 is 49.1 Å². The number of hydrogen-bond acceptors (Lipinski definition) is 3. The van der Waals surface area contributed by atoms with Gasteiger partial charge in [0.1, 0.15) is 5.82 Å². The van der Waals surface area contributed by atoms with E-state index >= 15 is 0 Å². The van der Waals surface area contributed by atoms with E-state index < -0.39 is 5.82 Å². The number of nitrogens with one attached hydrogen (secondary N) is 1. The summed E-state index contributed by atoms with van der Waals surface area (Å²) in [7, 11) is 1.48. The number of hydrogen-bond donors (Lipinski definition) is 2. The Hall–Kier alpha value is -0.980. The number of ether oxygens (including phenoxy) is 1. The van der Waals surface area contributed by atoms with E-state index in [0.29, 0.717) is 26.9 Å². The molecule has 3 nitrogen and oxygen atoms in total. The lowest BCUT2D eigenvalue weighted by Crippen LogP contribution is -2.02. The smallest absolute Gasteiger partial charge is 0.172 e. The predicted molar refractivity (Wildman–Crippen MR) is 88.8 cm³/mol. The van der Waals surface area contributed by atoms with Gasteiger partial charge in [-0.15, -0.1) is 0 Å². The fraction of sp³-hybridized carbons (Fsp3) is 0.143. The normalized spacial score (nSPS) is 10.5. The Kier molecular flexibility index (Phi) is 5.35. The predicted octanol–water partition coefficient (Wildman–Crippen LogP) is 5.33. The molecule has 0 heterocycles. The quantitative estimate of drug-likeness (QED) is 0.677. The zero-order valence-corrected chi connectivity index (χ0v) is 14.8. The van der Waals surface area contributed by atoms with Crippen molar-refractivity contribution in [3.63, 3.8) is 0 Å². The van der Waals surface area contributed by atoms with Gasteiger partial charge in [0, 0.05) is 11.0 Å². The van der Waals surface area contributed by atoms with Gasteiger partial charge in [-0.3, -0.25) is 0 Å². The maximum Gasteiger partial charge on any atom is 0.172 e. The third kappa shape index (κ3) is 3.81. The highest BCUT2D eigenvalue weighted by molar-refractivity contribution is 9.11. The van der Waals surface area contributed by atoms with Gasteiger partial charge >= 0.3 is 0 Å². The average Bonchev–Trinajstić information content (AvgIpc) is 2.41. The lowest BCUT2D eigenvalue weighted by Gasteiger charge is -2.13. The van der Waals surface area contributed by atoms with Crippen LogP contribution in [-0.4, -0.2) is 12.2 Å². The third-order valence-electron chi connectivity index (χ3n) is 2.78. The number of anilines is 1. The highest BCUT2D eigenvalue weighted by atomic mass is 79.9. The van der Waals surface area contributed by atoms with Gasteiger partial charge in [-0.1, -0.05) is 11.6 Å². The van der Waals surface area contributed by atoms with Crippen LogP contribution in [0.15, 0.2) is 33.2 Å². The molecule has 7 heteroatoms. The lowest BCUT2D eigenvalue weighted by molar-refractivity contribution is 0.371. The van der Waals surface area contributed by atoms with E-state index in [2.05, 4.69) is 37.2 Å². The Morgan fingerprint density at radius 3 is 2.57 bits per heavy atom. The molecule has 0 aromatic heterocycles. The van der Waals surface area contributed by atoms with Crippen molar-refractivity contribution < 1.29 is 14.2 Å². The lowest BCUT2D eigenvalue weighted by atomic mass is 10.2. The van der Waals surface area contributed by atoms with E-state index in [-0.39, 0.29) is 10.8 Å². The third-order valence-corrected chi connectivity index (χ3v) is 4.31. The average molecular weight is 440 g/mol. The molecule has 0 aliphatic rings. The molecule has 0 saturated carbocycles. The van der Waals surface area contributed by atoms with Gasteiger partial charge < -0.3 is 15.2 Å². The van der Waals surface area contributed by atoms with Crippen LogP contribution in [0.3, 0.4) is 0 Å². The molecule has 2 N–H and O–H groups in total. The zero-order chi connectivity index (χ0) is 15.6. The number of rotatable bonds is 4. The highest BCUT2D eigenvalue weighted by Crippen LogP contribution is 2.36. The van der Waals surface area contributed by atoms with Crippen LogP contribution in [0.5, 0.6) is 11.5 Å². The molecular formula is C14H11Br2ClFNO2. The first-order chi connectivity index (χ1) is 9.92. The Bertz CT molecular complexity index is 659. The van der Waals surface area contributed by atoms with E-state index in [1.165, 1.54) is 19.2 Å². The van der Waals surface area contributed by atoms with Gasteiger partial charge in [-0.25, -0.2) is 4.39 Å². The van der Waals surface area contributed by atoms with Crippen molar-refractivity contribution in [2.75, 3.05) is 12.4 Å². The van der Waals surface area contributed by atoms with Crippen LogP contribution in [0, 0.1) is 5.82 Å². The Labute approximate surface area is 143 Å². The summed E-state index contributed by atoms with van der Waals surface area (Å²) >= 11 is 12.5. The minimum Gasteiger partial charge on any atom is -0.503 e. The molecule has 0 fully saturated rings. The van der Waals surface area contributed by atoms with E-state index in [9.17, 15) is 9.50 Å². The molecule has 0 amide bonds. The largest absolute Gasteiger partial charge is 0.503 e. The summed E-state index contributed by atoms with van der Waals surface area (Å²) in [6, 6.07) is 6.04. The fourth-order valence-electron chi connectivity index (χ4n) is 1.79. The number of benzene rings is 2. The summed E-state index contributed by atoms with van der Waals surface area (Å²) < 4.78 is 19.3. The number of halogens is 4. The van der Waals surface area contributed by atoms with Crippen molar-refractivity contribution in [1.82, 2.24) is 0 Å². The number of aromatic hydroxyl groups is 1. The Balaban J connectivity index is 2.23. The van der Waals surface area contributed by atoms with Crippen LogP contribution < -0.4 is 10.1 Å². The molecule has 2 aromatic carbocycles. The first-order valence-corrected chi connectivity index (χ1v) is 7.82. The molecule has 0 atom stereocenters. The van der Waals surface area contributed by atoms with Crippen molar-refractivity contribution in [3.05, 3.63) is 49.6 Å². The van der Waals surface area contributed by atoms with Gasteiger partial charge in [0.25, 0.3) is 0 Å². The molecule has 21 heavy (non-hydrogen) atoms. The molecular weight excluding hydrogens is 428 g/mol. The summed E-state index contributed by atoms with van der Waals surface area (Å²) in [4.78, 5) is 0. The van der Waals surface area contributed by atoms with Crippen LogP contribution in [0.4, 0.5) is 10.1 Å². The van der Waals surface area contributed by atoms with Crippen molar-refractivity contribution in [1.29, 1.82) is 0 Å². The SMILES string of the molecule is COc1cc(CNc2c(Cl)cc(F)cc2Br)cc(Br)c1O. The highest BCUT2D eigenvalue weighted by Gasteiger charge is 2.11. The van der Waals surface area contributed by atoms with Gasteiger partial charge in [0.05, 0.1) is 22.3 Å². The van der Waals surface area contributed by atoms with Crippen molar-refractivity contribution in [2.24, 2.45) is 0 Å². The van der Waals surface area contributed by atoms with Crippen LogP contribution in [-0.2, 0) is 6.54 Å². The molecule has 0 saturated heterocycles. The minimum absolute atomic E-state index is 0.0437. The molecule has 0 bridgehead atoms. The first kappa shape index (κ1) is 16.4. The van der Waals surface area contributed by atoms with Gasteiger partial charge in [0.2, 0.25) is 0 Å². The molecule has 112 valence electrons. The summed E-state index contributed by atoms with van der Waals surface area (Å²) in [5.74, 6) is -0.000777. The summed E-state index contributed by atoms with van der Waals surface area (Å²) in [6.07, 6.45) is 0. The number of phenols is 1. The molecule has 0 radical (unpaired) electrons. The second-order valence-corrected chi connectivity index (χ2v) is 6.34. The second-order valence-electron chi connectivity index (χ2n) is 4.23. The second kappa shape index (κ2) is 6.85. The summed E-state index contributed by atoms with van der Waals surface area (Å²) in [6.45, 7) is 0.430. The van der Waals surface area contributed by atoms with Crippen molar-refractivity contribution in [2.45, 2.75) is 6.54 Å². The van der Waals surface area contributed by atoms with E-state index in [4.69, 9.17) is 16.3 Å². The fourth-order valence-corrected chi connectivity index (χ4v) is 3.24. The molecule has 2 rings (SSSR count). The minimum atomic E-state index is -0.411. The first-order valence-electron chi connectivity index (χ1n) is 5.86. The van der Waals surface area contributed by atoms with Gasteiger partial charge in [-0.2, -0.15) is 0 Å². The molecule has 0 aliphatic heterocycles. The maximum atomic E-state index is 13.2. The van der Waals surface area contributed by atoms with E-state index in [1.807, 2.05) is 0 Å². The molecule has 0 unspecified atom stereocenters. The van der Waals surface area contributed by atoms with Crippen LogP contribution in [0.2, 0.25) is 5.02 Å². The maximum absolute atomic E-state index is 13.2. The van der Waals surface area contributed by atoms with Gasteiger partial charge in [-0.05, 0) is 61.7 Å². The number of methoxy groups -OCH3 is 1. The van der Waals surface area contributed by atoms with Crippen LogP contribution >= 0.6 is 43.5 Å². The Morgan fingerprint density at radius 2 is 1.95 bits per heavy atom. The van der Waals surface area contributed by atoms with E-state index in [0.717, 1.165) is 5.56 Å². The standard InChI is InChI=1S/C14H11Br2ClFNO2/c1-21-12-3-7(2-10(16)14(12)20)6-19-13-9(15)4-8(18)5-11(13)17/h2-5,19-20H,6H2,1H3. The topological polar surface area (TPSA) is 41.5 Å². The molecule has 2 aromatic rings. The van der Waals surface area contributed by atoms with Gasteiger partial charge in [0.15, 0.2) is 11.5 Å². The summed E-state index contributed by atoms with van der Waals surface area (Å²) in [5, 5.41) is 13.2.